The number of hydrogen-bond acceptors (Lipinski definition) is 7. The van der Waals surface area contributed by atoms with Gasteiger partial charge >= 0.3 is 5.97 Å². The Morgan fingerprint density at radius 1 is 1.03 bits per heavy atom. The highest BCUT2D eigenvalue weighted by atomic mass is 16.5. The third kappa shape index (κ3) is 3.25. The van der Waals surface area contributed by atoms with Crippen molar-refractivity contribution >= 4 is 17.5 Å². The van der Waals surface area contributed by atoms with Crippen LogP contribution in [0.1, 0.15) is 76.1 Å². The Labute approximate surface area is 173 Å². The standard InChI is InChI=1S/C23H23NO6/c1-11(30-23(29)12-6-8-13(24)9-7-12)16-10-17(25)18-19(22(16)28)21(27)15-5-3-2-4-14(15)20(18)26/h2-5,10-13,25,28H,6-9,24H2,1H3. The maximum Gasteiger partial charge on any atom is 0.309 e. The van der Waals surface area contributed by atoms with Gasteiger partial charge in [0.2, 0.25) is 0 Å². The van der Waals surface area contributed by atoms with Crippen LogP contribution in [0.15, 0.2) is 30.3 Å². The quantitative estimate of drug-likeness (QED) is 0.448. The van der Waals surface area contributed by atoms with Crippen LogP contribution in [-0.2, 0) is 9.53 Å². The Balaban J connectivity index is 1.66. The van der Waals surface area contributed by atoms with E-state index < -0.39 is 35.1 Å². The Hall–Kier alpha value is -3.19. The van der Waals surface area contributed by atoms with Gasteiger partial charge in [0.1, 0.15) is 17.6 Å². The number of carbonyl (C=O) groups excluding carboxylic acids is 3. The first-order chi connectivity index (χ1) is 14.3. The number of carbonyl (C=O) groups is 3. The van der Waals surface area contributed by atoms with Gasteiger partial charge in [0.05, 0.1) is 17.0 Å². The van der Waals surface area contributed by atoms with Gasteiger partial charge in [0.25, 0.3) is 0 Å². The highest BCUT2D eigenvalue weighted by molar-refractivity contribution is 6.30. The summed E-state index contributed by atoms with van der Waals surface area (Å²) >= 11 is 0. The molecule has 0 radical (unpaired) electrons. The topological polar surface area (TPSA) is 127 Å². The Kier molecular flexibility index (Phi) is 5.07. The van der Waals surface area contributed by atoms with Crippen molar-refractivity contribution in [3.8, 4) is 11.5 Å². The number of fused-ring (bicyclic) bond motifs is 2. The maximum atomic E-state index is 13.0. The molecule has 4 rings (SSSR count). The molecule has 0 aliphatic heterocycles. The van der Waals surface area contributed by atoms with Crippen molar-refractivity contribution in [3.05, 3.63) is 58.1 Å². The molecule has 0 saturated heterocycles. The normalized spacial score (nSPS) is 21.5. The van der Waals surface area contributed by atoms with Gasteiger partial charge in [-0.05, 0) is 38.7 Å². The van der Waals surface area contributed by atoms with Gasteiger partial charge in [0.15, 0.2) is 11.6 Å². The van der Waals surface area contributed by atoms with E-state index in [4.69, 9.17) is 10.5 Å². The second-order valence-electron chi connectivity index (χ2n) is 7.98. The fraction of sp³-hybridized carbons (Fsp3) is 0.348. The lowest BCUT2D eigenvalue weighted by molar-refractivity contribution is -0.154. The largest absolute Gasteiger partial charge is 0.507 e. The summed E-state index contributed by atoms with van der Waals surface area (Å²) < 4.78 is 5.52. The van der Waals surface area contributed by atoms with Gasteiger partial charge < -0.3 is 20.7 Å². The second-order valence-corrected chi connectivity index (χ2v) is 7.98. The zero-order valence-corrected chi connectivity index (χ0v) is 16.6. The lowest BCUT2D eigenvalue weighted by Gasteiger charge is -2.27. The summed E-state index contributed by atoms with van der Waals surface area (Å²) in [5.74, 6) is -2.66. The predicted molar refractivity (Wildman–Crippen MR) is 108 cm³/mol. The molecule has 7 nitrogen and oxygen atoms in total. The van der Waals surface area contributed by atoms with E-state index >= 15 is 0 Å². The third-order valence-electron chi connectivity index (χ3n) is 6.02. The lowest BCUT2D eigenvalue weighted by atomic mass is 9.81. The molecule has 1 unspecified atom stereocenters. The SMILES string of the molecule is CC(OC(=O)C1CCC(N)CC1)c1cc(O)c2c(c1O)C(=O)c1ccccc1C2=O. The van der Waals surface area contributed by atoms with Crippen molar-refractivity contribution in [3.63, 3.8) is 0 Å². The van der Waals surface area contributed by atoms with Gasteiger partial charge in [-0.25, -0.2) is 0 Å². The number of nitrogens with two attached hydrogens (primary N) is 1. The number of ketones is 2. The van der Waals surface area contributed by atoms with Crippen LogP contribution >= 0.6 is 0 Å². The molecule has 0 spiro atoms. The maximum absolute atomic E-state index is 13.0. The summed E-state index contributed by atoms with van der Waals surface area (Å²) in [6.45, 7) is 1.55. The first kappa shape index (κ1) is 20.1. The molecule has 2 aliphatic carbocycles. The fourth-order valence-corrected chi connectivity index (χ4v) is 4.28. The molecule has 1 fully saturated rings. The monoisotopic (exact) mass is 409 g/mol. The first-order valence-electron chi connectivity index (χ1n) is 10.0. The molecule has 4 N–H and O–H groups in total. The van der Waals surface area contributed by atoms with Crippen molar-refractivity contribution in [1.29, 1.82) is 0 Å². The summed E-state index contributed by atoms with van der Waals surface area (Å²) in [6.07, 6.45) is 1.85. The van der Waals surface area contributed by atoms with Crippen LogP contribution in [0.3, 0.4) is 0 Å². The zero-order valence-electron chi connectivity index (χ0n) is 16.6. The van der Waals surface area contributed by atoms with E-state index in [1.54, 1.807) is 19.1 Å². The average molecular weight is 409 g/mol. The Bertz CT molecular complexity index is 1050. The summed E-state index contributed by atoms with van der Waals surface area (Å²) in [5.41, 5.74) is 5.78. The third-order valence-corrected chi connectivity index (χ3v) is 6.02. The predicted octanol–water partition coefficient (Wildman–Crippen LogP) is 2.99. The molecule has 1 atom stereocenters. The molecule has 7 heteroatoms. The number of phenols is 2. The molecule has 0 bridgehead atoms. The molecule has 2 aromatic carbocycles. The molecule has 0 heterocycles. The van der Waals surface area contributed by atoms with Crippen LogP contribution in [0, 0.1) is 5.92 Å². The molecule has 0 amide bonds. The van der Waals surface area contributed by atoms with Gasteiger partial charge in [-0.1, -0.05) is 24.3 Å². The van der Waals surface area contributed by atoms with E-state index in [0.29, 0.717) is 12.8 Å². The highest BCUT2D eigenvalue weighted by Crippen LogP contribution is 2.42. The van der Waals surface area contributed by atoms with Crippen molar-refractivity contribution in [2.45, 2.75) is 44.8 Å². The van der Waals surface area contributed by atoms with Crippen LogP contribution in [0.4, 0.5) is 0 Å². The molecule has 1 saturated carbocycles. The van der Waals surface area contributed by atoms with Crippen molar-refractivity contribution in [2.24, 2.45) is 11.7 Å². The van der Waals surface area contributed by atoms with Gasteiger partial charge in [-0.3, -0.25) is 14.4 Å². The van der Waals surface area contributed by atoms with Crippen LogP contribution in [0.25, 0.3) is 0 Å². The zero-order chi connectivity index (χ0) is 21.6. The van der Waals surface area contributed by atoms with Crippen molar-refractivity contribution in [1.82, 2.24) is 0 Å². The Morgan fingerprint density at radius 3 is 2.20 bits per heavy atom. The van der Waals surface area contributed by atoms with Crippen LogP contribution in [0.5, 0.6) is 11.5 Å². The van der Waals surface area contributed by atoms with Crippen molar-refractivity contribution in [2.75, 3.05) is 0 Å². The molecule has 2 aliphatic rings. The van der Waals surface area contributed by atoms with E-state index in [1.165, 1.54) is 18.2 Å². The van der Waals surface area contributed by atoms with Gasteiger partial charge in [-0.2, -0.15) is 0 Å². The van der Waals surface area contributed by atoms with Crippen molar-refractivity contribution < 1.29 is 29.3 Å². The number of rotatable bonds is 3. The smallest absolute Gasteiger partial charge is 0.309 e. The molecular formula is C23H23NO6. The number of aromatic hydroxyl groups is 2. The summed E-state index contributed by atoms with van der Waals surface area (Å²) in [6, 6.07) is 7.53. The van der Waals surface area contributed by atoms with E-state index in [-0.39, 0.29) is 39.8 Å². The number of phenolic OH excluding ortho intramolecular Hbond substituents is 2. The molecule has 30 heavy (non-hydrogen) atoms. The minimum atomic E-state index is -0.913. The van der Waals surface area contributed by atoms with Crippen LogP contribution in [-0.4, -0.2) is 33.8 Å². The Morgan fingerprint density at radius 2 is 1.60 bits per heavy atom. The molecular weight excluding hydrogens is 386 g/mol. The molecule has 156 valence electrons. The summed E-state index contributed by atoms with van der Waals surface area (Å²) in [7, 11) is 0. The fourth-order valence-electron chi connectivity index (χ4n) is 4.28. The summed E-state index contributed by atoms with van der Waals surface area (Å²) in [5, 5.41) is 21.3. The minimum Gasteiger partial charge on any atom is -0.507 e. The highest BCUT2D eigenvalue weighted by Gasteiger charge is 2.37. The minimum absolute atomic E-state index is 0.0765. The van der Waals surface area contributed by atoms with Crippen LogP contribution < -0.4 is 5.73 Å². The molecule has 2 aromatic rings. The number of esters is 1. The van der Waals surface area contributed by atoms with E-state index in [1.807, 2.05) is 0 Å². The van der Waals surface area contributed by atoms with E-state index in [9.17, 15) is 24.6 Å². The van der Waals surface area contributed by atoms with Crippen LogP contribution in [0.2, 0.25) is 0 Å². The second kappa shape index (κ2) is 7.57. The molecule has 0 aromatic heterocycles. The van der Waals surface area contributed by atoms with Gasteiger partial charge in [0, 0.05) is 22.7 Å². The lowest BCUT2D eigenvalue weighted by Crippen LogP contribution is -2.31. The number of ether oxygens (including phenoxy) is 1. The summed E-state index contributed by atoms with van der Waals surface area (Å²) in [4.78, 5) is 38.3. The average Bonchev–Trinajstić information content (AvgIpc) is 2.73. The van der Waals surface area contributed by atoms with Gasteiger partial charge in [-0.15, -0.1) is 0 Å². The number of benzene rings is 2. The number of hydrogen-bond donors (Lipinski definition) is 3. The van der Waals surface area contributed by atoms with E-state index in [0.717, 1.165) is 12.8 Å². The van der Waals surface area contributed by atoms with E-state index in [2.05, 4.69) is 0 Å². The first-order valence-corrected chi connectivity index (χ1v) is 10.0.